The zero-order chi connectivity index (χ0) is 13.7. The monoisotopic (exact) mass is 265 g/mol. The Hall–Kier alpha value is -1.46. The molecule has 0 spiro atoms. The highest BCUT2D eigenvalue weighted by Gasteiger charge is 2.16. The molecule has 5 heteroatoms. The van der Waals surface area contributed by atoms with Crippen LogP contribution in [0.3, 0.4) is 0 Å². The van der Waals surface area contributed by atoms with E-state index in [0.29, 0.717) is 10.7 Å². The second-order valence-corrected chi connectivity index (χ2v) is 4.62. The first kappa shape index (κ1) is 14.6. The average Bonchev–Trinajstić information content (AvgIpc) is 2.37. The van der Waals surface area contributed by atoms with Gasteiger partial charge in [0.15, 0.2) is 0 Å². The van der Waals surface area contributed by atoms with Gasteiger partial charge in [0.1, 0.15) is 4.99 Å². The van der Waals surface area contributed by atoms with Gasteiger partial charge in [0.2, 0.25) is 5.91 Å². The molecule has 1 aromatic rings. The number of likely N-dealkylation sites (N-methyl/N-ethyl adjacent to an activating group) is 1. The summed E-state index contributed by atoms with van der Waals surface area (Å²) in [4.78, 5) is 14.3. The van der Waals surface area contributed by atoms with Crippen LogP contribution in [0, 0.1) is 0 Å². The largest absolute Gasteiger partial charge is 0.389 e. The van der Waals surface area contributed by atoms with Gasteiger partial charge >= 0.3 is 0 Å². The number of hydrogen-bond donors (Lipinski definition) is 2. The molecule has 0 aliphatic carbocycles. The Labute approximate surface area is 113 Å². The molecule has 0 bridgehead atoms. The number of carbonyl (C=O) groups is 1. The molecule has 1 amide bonds. The average molecular weight is 265 g/mol. The maximum atomic E-state index is 12.0. The molecule has 1 rings (SSSR count). The SMILES string of the molecule is CCN(C)C(C)C(=O)Nc1cccc(C(N)=S)c1. The molecule has 0 aliphatic rings. The third-order valence-corrected chi connectivity index (χ3v) is 3.19. The van der Waals surface area contributed by atoms with Gasteiger partial charge in [0.25, 0.3) is 0 Å². The highest BCUT2D eigenvalue weighted by Crippen LogP contribution is 2.11. The predicted octanol–water partition coefficient (Wildman–Crippen LogP) is 1.60. The Morgan fingerprint density at radius 2 is 2.22 bits per heavy atom. The third-order valence-electron chi connectivity index (χ3n) is 2.95. The topological polar surface area (TPSA) is 58.4 Å². The van der Waals surface area contributed by atoms with Crippen molar-refractivity contribution in [1.82, 2.24) is 4.90 Å². The van der Waals surface area contributed by atoms with Crippen molar-refractivity contribution in [3.63, 3.8) is 0 Å². The van der Waals surface area contributed by atoms with Crippen molar-refractivity contribution in [3.8, 4) is 0 Å². The number of thiocarbonyl (C=S) groups is 1. The number of nitrogens with one attached hydrogen (secondary N) is 1. The molecule has 0 saturated carbocycles. The first-order chi connectivity index (χ1) is 8.45. The van der Waals surface area contributed by atoms with Gasteiger partial charge in [-0.3, -0.25) is 9.69 Å². The smallest absolute Gasteiger partial charge is 0.241 e. The molecule has 1 atom stereocenters. The van der Waals surface area contributed by atoms with Crippen LogP contribution in [0.1, 0.15) is 19.4 Å². The Kier molecular flexibility index (Phi) is 5.25. The van der Waals surface area contributed by atoms with E-state index in [2.05, 4.69) is 5.32 Å². The lowest BCUT2D eigenvalue weighted by Gasteiger charge is -2.22. The van der Waals surface area contributed by atoms with Gasteiger partial charge in [0.05, 0.1) is 6.04 Å². The van der Waals surface area contributed by atoms with Crippen LogP contribution in [0.25, 0.3) is 0 Å². The molecule has 0 radical (unpaired) electrons. The molecule has 98 valence electrons. The van der Waals surface area contributed by atoms with E-state index in [4.69, 9.17) is 18.0 Å². The van der Waals surface area contributed by atoms with Crippen LogP contribution in [0.4, 0.5) is 5.69 Å². The molecule has 0 heterocycles. The van der Waals surface area contributed by atoms with Crippen LogP contribution in [0.2, 0.25) is 0 Å². The van der Waals surface area contributed by atoms with E-state index in [1.54, 1.807) is 6.07 Å². The Morgan fingerprint density at radius 1 is 1.56 bits per heavy atom. The van der Waals surface area contributed by atoms with Crippen molar-refractivity contribution in [2.45, 2.75) is 19.9 Å². The lowest BCUT2D eigenvalue weighted by molar-refractivity contribution is -0.120. The van der Waals surface area contributed by atoms with E-state index >= 15 is 0 Å². The summed E-state index contributed by atoms with van der Waals surface area (Å²) >= 11 is 4.90. The van der Waals surface area contributed by atoms with Gasteiger partial charge in [0, 0.05) is 11.3 Å². The minimum Gasteiger partial charge on any atom is -0.389 e. The molecule has 1 aromatic carbocycles. The second-order valence-electron chi connectivity index (χ2n) is 4.18. The molecule has 3 N–H and O–H groups in total. The van der Waals surface area contributed by atoms with E-state index in [9.17, 15) is 4.79 Å². The fourth-order valence-corrected chi connectivity index (χ4v) is 1.60. The van der Waals surface area contributed by atoms with Crippen molar-refractivity contribution in [2.75, 3.05) is 18.9 Å². The molecule has 0 aromatic heterocycles. The molecule has 0 saturated heterocycles. The standard InChI is InChI=1S/C13H19N3OS/c1-4-16(3)9(2)13(17)15-11-7-5-6-10(8-11)12(14)18/h5-9H,4H2,1-3H3,(H2,14,18)(H,15,17). The van der Waals surface area contributed by atoms with Crippen LogP contribution >= 0.6 is 12.2 Å². The lowest BCUT2D eigenvalue weighted by atomic mass is 10.2. The maximum Gasteiger partial charge on any atom is 0.241 e. The summed E-state index contributed by atoms with van der Waals surface area (Å²) in [6, 6.07) is 7.05. The molecular formula is C13H19N3OS. The van der Waals surface area contributed by atoms with E-state index in [1.165, 1.54) is 0 Å². The van der Waals surface area contributed by atoms with E-state index in [0.717, 1.165) is 12.1 Å². The lowest BCUT2D eigenvalue weighted by Crippen LogP contribution is -2.39. The number of nitrogens with zero attached hydrogens (tertiary/aromatic N) is 1. The van der Waals surface area contributed by atoms with Crippen LogP contribution in [-0.2, 0) is 4.79 Å². The first-order valence-electron chi connectivity index (χ1n) is 5.86. The summed E-state index contributed by atoms with van der Waals surface area (Å²) in [6.07, 6.45) is 0. The molecular weight excluding hydrogens is 246 g/mol. The van der Waals surface area contributed by atoms with Gasteiger partial charge in [-0.15, -0.1) is 0 Å². The Bertz CT molecular complexity index is 448. The van der Waals surface area contributed by atoms with Gasteiger partial charge in [-0.1, -0.05) is 31.3 Å². The van der Waals surface area contributed by atoms with Crippen LogP contribution in [0.5, 0.6) is 0 Å². The highest BCUT2D eigenvalue weighted by molar-refractivity contribution is 7.80. The molecule has 0 fully saturated rings. The Balaban J connectivity index is 2.76. The second kappa shape index (κ2) is 6.47. The van der Waals surface area contributed by atoms with Crippen LogP contribution in [-0.4, -0.2) is 35.4 Å². The number of nitrogens with two attached hydrogens (primary N) is 1. The number of anilines is 1. The van der Waals surface area contributed by atoms with Crippen molar-refractivity contribution < 1.29 is 4.79 Å². The predicted molar refractivity (Wildman–Crippen MR) is 78.7 cm³/mol. The molecule has 1 unspecified atom stereocenters. The minimum atomic E-state index is -0.177. The summed E-state index contributed by atoms with van der Waals surface area (Å²) in [5, 5.41) is 2.86. The van der Waals surface area contributed by atoms with Crippen molar-refractivity contribution in [1.29, 1.82) is 0 Å². The van der Waals surface area contributed by atoms with E-state index in [-0.39, 0.29) is 11.9 Å². The molecule has 18 heavy (non-hydrogen) atoms. The Morgan fingerprint density at radius 3 is 2.78 bits per heavy atom. The van der Waals surface area contributed by atoms with Crippen molar-refractivity contribution in [2.24, 2.45) is 5.73 Å². The van der Waals surface area contributed by atoms with Crippen LogP contribution in [0.15, 0.2) is 24.3 Å². The normalized spacial score (nSPS) is 12.2. The third kappa shape index (κ3) is 3.78. The summed E-state index contributed by atoms with van der Waals surface area (Å²) in [7, 11) is 1.91. The first-order valence-corrected chi connectivity index (χ1v) is 6.27. The number of rotatable bonds is 5. The van der Waals surface area contributed by atoms with E-state index < -0.39 is 0 Å². The quantitative estimate of drug-likeness (QED) is 0.794. The summed E-state index contributed by atoms with van der Waals surface area (Å²) < 4.78 is 0. The van der Waals surface area contributed by atoms with E-state index in [1.807, 2.05) is 44.0 Å². The number of carbonyl (C=O) groups excluding carboxylic acids is 1. The van der Waals surface area contributed by atoms with Gasteiger partial charge in [-0.05, 0) is 32.6 Å². The molecule has 0 aliphatic heterocycles. The highest BCUT2D eigenvalue weighted by atomic mass is 32.1. The summed E-state index contributed by atoms with van der Waals surface area (Å²) in [5.74, 6) is -0.0422. The molecule has 4 nitrogen and oxygen atoms in total. The fraction of sp³-hybridized carbons (Fsp3) is 0.385. The zero-order valence-electron chi connectivity index (χ0n) is 10.9. The van der Waals surface area contributed by atoms with Gasteiger partial charge in [-0.25, -0.2) is 0 Å². The van der Waals surface area contributed by atoms with Gasteiger partial charge in [-0.2, -0.15) is 0 Å². The van der Waals surface area contributed by atoms with Crippen LogP contribution < -0.4 is 11.1 Å². The van der Waals surface area contributed by atoms with Crippen molar-refractivity contribution >= 4 is 28.8 Å². The maximum absolute atomic E-state index is 12.0. The van der Waals surface area contributed by atoms with Gasteiger partial charge < -0.3 is 11.1 Å². The fourth-order valence-electron chi connectivity index (χ4n) is 1.47. The summed E-state index contributed by atoms with van der Waals surface area (Å²) in [5.41, 5.74) is 7.01. The number of amides is 1. The number of benzene rings is 1. The zero-order valence-corrected chi connectivity index (χ0v) is 11.8. The van der Waals surface area contributed by atoms with Crippen molar-refractivity contribution in [3.05, 3.63) is 29.8 Å². The number of hydrogen-bond acceptors (Lipinski definition) is 3. The minimum absolute atomic E-state index is 0.0422. The summed E-state index contributed by atoms with van der Waals surface area (Å²) in [6.45, 7) is 4.70.